The van der Waals surface area contributed by atoms with Crippen molar-refractivity contribution in [1.82, 2.24) is 5.32 Å². The van der Waals surface area contributed by atoms with Gasteiger partial charge in [0.15, 0.2) is 0 Å². The lowest BCUT2D eigenvalue weighted by Crippen LogP contribution is -2.60. The molecule has 1 aliphatic carbocycles. The second-order valence-electron chi connectivity index (χ2n) is 8.49. The minimum atomic E-state index is -0.257. The number of hydrogen-bond donors (Lipinski definition) is 1. The molecule has 1 aromatic rings. The van der Waals surface area contributed by atoms with Crippen LogP contribution in [0.3, 0.4) is 0 Å². The van der Waals surface area contributed by atoms with Crippen molar-refractivity contribution in [1.29, 1.82) is 0 Å². The lowest BCUT2D eigenvalue weighted by Gasteiger charge is -2.52. The van der Waals surface area contributed by atoms with Crippen LogP contribution in [0.5, 0.6) is 5.75 Å². The second kappa shape index (κ2) is 8.52. The Balaban J connectivity index is 1.93. The van der Waals surface area contributed by atoms with Gasteiger partial charge in [-0.2, -0.15) is 0 Å². The van der Waals surface area contributed by atoms with Crippen molar-refractivity contribution in [2.24, 2.45) is 11.8 Å². The van der Waals surface area contributed by atoms with Gasteiger partial charge >= 0.3 is 0 Å². The van der Waals surface area contributed by atoms with E-state index in [9.17, 15) is 4.79 Å². The molecule has 0 unspecified atom stereocenters. The number of halogens is 1. The molecule has 0 radical (unpaired) electrons. The molecular weight excluding hydrogens is 406 g/mol. The number of carbonyl (C=O) groups excluding carboxylic acids is 1. The predicted octanol–water partition coefficient (Wildman–Crippen LogP) is 5.40. The minimum Gasteiger partial charge on any atom is -0.496 e. The molecule has 1 heterocycles. The monoisotopic (exact) mass is 437 g/mol. The number of ether oxygens (including phenoxy) is 2. The van der Waals surface area contributed by atoms with Gasteiger partial charge in [-0.1, -0.05) is 36.2 Å². The summed E-state index contributed by atoms with van der Waals surface area (Å²) < 4.78 is 13.3. The Morgan fingerprint density at radius 3 is 2.89 bits per heavy atom. The zero-order valence-corrected chi connectivity index (χ0v) is 18.5. The van der Waals surface area contributed by atoms with Crippen LogP contribution in [-0.2, 0) is 9.53 Å². The number of methoxy groups -OCH3 is 1. The van der Waals surface area contributed by atoms with Crippen LogP contribution in [0.1, 0.15) is 71.0 Å². The van der Waals surface area contributed by atoms with Gasteiger partial charge in [0.1, 0.15) is 5.75 Å². The number of carbonyl (C=O) groups is 1. The Hall–Kier alpha value is -1.07. The van der Waals surface area contributed by atoms with Gasteiger partial charge in [-0.25, -0.2) is 0 Å². The van der Waals surface area contributed by atoms with E-state index in [1.165, 1.54) is 6.42 Å². The smallest absolute Gasteiger partial charge is 0.220 e. The summed E-state index contributed by atoms with van der Waals surface area (Å²) in [5, 5.41) is 3.39. The fourth-order valence-electron chi connectivity index (χ4n) is 4.90. The van der Waals surface area contributed by atoms with Gasteiger partial charge in [0.25, 0.3) is 0 Å². The average Bonchev–Trinajstić information content (AvgIpc) is 2.61. The summed E-state index contributed by atoms with van der Waals surface area (Å²) in [7, 11) is 1.70. The van der Waals surface area contributed by atoms with Crippen molar-refractivity contribution < 1.29 is 14.3 Å². The van der Waals surface area contributed by atoms with Crippen LogP contribution in [0.15, 0.2) is 22.7 Å². The number of benzene rings is 1. The van der Waals surface area contributed by atoms with Crippen molar-refractivity contribution in [3.8, 4) is 5.75 Å². The average molecular weight is 438 g/mol. The summed E-state index contributed by atoms with van der Waals surface area (Å²) in [5.41, 5.74) is 0.798. The summed E-state index contributed by atoms with van der Waals surface area (Å²) in [6.45, 7) is 6.57. The first-order valence-electron chi connectivity index (χ1n) is 10.2. The maximum absolute atomic E-state index is 12.5. The van der Waals surface area contributed by atoms with E-state index in [0.717, 1.165) is 41.5 Å². The highest BCUT2D eigenvalue weighted by atomic mass is 79.9. The van der Waals surface area contributed by atoms with Gasteiger partial charge in [-0.3, -0.25) is 4.79 Å². The summed E-state index contributed by atoms with van der Waals surface area (Å²) in [5.74, 6) is 2.01. The van der Waals surface area contributed by atoms with Crippen LogP contribution >= 0.6 is 15.9 Å². The van der Waals surface area contributed by atoms with E-state index >= 15 is 0 Å². The standard InChI is InChI=1S/C22H32BrNO3/c1-5-6-21(25)24-22(3)13-20(16-12-15(23)8-10-18(16)26-4)27-19-11-14(2)7-9-17(19)22/h8,10,12,14,17,19-20H,5-7,9,11,13H2,1-4H3,(H,24,25)/t14-,17-,19-,20-,22-/m0/s1. The topological polar surface area (TPSA) is 47.6 Å². The maximum atomic E-state index is 12.5. The van der Waals surface area contributed by atoms with Gasteiger partial charge in [0.05, 0.1) is 19.3 Å². The highest BCUT2D eigenvalue weighted by molar-refractivity contribution is 9.10. The third-order valence-corrected chi connectivity index (χ3v) is 6.75. The molecule has 5 heteroatoms. The molecule has 3 rings (SSSR count). The molecular formula is C22H32BrNO3. The molecule has 2 fully saturated rings. The normalized spacial score (nSPS) is 33.2. The fraction of sp³-hybridized carbons (Fsp3) is 0.682. The van der Waals surface area contributed by atoms with E-state index in [-0.39, 0.29) is 23.7 Å². The number of amides is 1. The fourth-order valence-corrected chi connectivity index (χ4v) is 5.27. The first-order chi connectivity index (χ1) is 12.9. The van der Waals surface area contributed by atoms with Crippen molar-refractivity contribution in [3.05, 3.63) is 28.2 Å². The zero-order chi connectivity index (χ0) is 19.6. The van der Waals surface area contributed by atoms with Crippen molar-refractivity contribution in [2.75, 3.05) is 7.11 Å². The molecule has 150 valence electrons. The molecule has 0 spiro atoms. The first-order valence-corrected chi connectivity index (χ1v) is 11.0. The Morgan fingerprint density at radius 1 is 1.41 bits per heavy atom. The van der Waals surface area contributed by atoms with Crippen LogP contribution in [0.2, 0.25) is 0 Å². The van der Waals surface area contributed by atoms with E-state index in [1.807, 2.05) is 19.1 Å². The Kier molecular flexibility index (Phi) is 6.52. The van der Waals surface area contributed by atoms with Gasteiger partial charge in [0.2, 0.25) is 5.91 Å². The molecule has 0 bridgehead atoms. The summed E-state index contributed by atoms with van der Waals surface area (Å²) in [6.07, 6.45) is 5.66. The molecule has 1 aromatic carbocycles. The van der Waals surface area contributed by atoms with Gasteiger partial charge in [-0.05, 0) is 50.3 Å². The third kappa shape index (κ3) is 4.51. The lowest BCUT2D eigenvalue weighted by atomic mass is 9.66. The number of fused-ring (bicyclic) bond motifs is 1. The maximum Gasteiger partial charge on any atom is 0.220 e. The van der Waals surface area contributed by atoms with Crippen molar-refractivity contribution in [3.63, 3.8) is 0 Å². The van der Waals surface area contributed by atoms with Gasteiger partial charge in [-0.15, -0.1) is 0 Å². The van der Waals surface area contributed by atoms with Crippen LogP contribution in [0.4, 0.5) is 0 Å². The predicted molar refractivity (Wildman–Crippen MR) is 111 cm³/mol. The SMILES string of the molecule is CCCC(=O)N[C@@]1(C)C[C@@H](c2cc(Br)ccc2OC)O[C@H]2C[C@@H](C)CC[C@@H]21. The van der Waals surface area contributed by atoms with E-state index < -0.39 is 0 Å². The molecule has 0 aromatic heterocycles. The van der Waals surface area contributed by atoms with Crippen LogP contribution in [0.25, 0.3) is 0 Å². The van der Waals surface area contributed by atoms with Crippen LogP contribution in [0, 0.1) is 11.8 Å². The van der Waals surface area contributed by atoms with Crippen molar-refractivity contribution in [2.45, 2.75) is 77.0 Å². The number of hydrogen-bond acceptors (Lipinski definition) is 3. The molecule has 2 aliphatic rings. The Labute approximate surface area is 171 Å². The summed E-state index contributed by atoms with van der Waals surface area (Å²) >= 11 is 3.58. The quantitative estimate of drug-likeness (QED) is 0.670. The van der Waals surface area contributed by atoms with Gasteiger partial charge in [0, 0.05) is 34.3 Å². The molecule has 4 nitrogen and oxygen atoms in total. The molecule has 1 aliphatic heterocycles. The number of rotatable bonds is 5. The summed E-state index contributed by atoms with van der Waals surface area (Å²) in [4.78, 5) is 12.5. The third-order valence-electron chi connectivity index (χ3n) is 6.26. The molecule has 5 atom stereocenters. The van der Waals surface area contributed by atoms with Crippen molar-refractivity contribution >= 4 is 21.8 Å². The van der Waals surface area contributed by atoms with E-state index in [4.69, 9.17) is 9.47 Å². The molecule has 1 N–H and O–H groups in total. The first kappa shape index (κ1) is 20.7. The van der Waals surface area contributed by atoms with Crippen LogP contribution in [-0.4, -0.2) is 24.7 Å². The van der Waals surface area contributed by atoms with E-state index in [0.29, 0.717) is 18.3 Å². The largest absolute Gasteiger partial charge is 0.496 e. The van der Waals surface area contributed by atoms with E-state index in [2.05, 4.69) is 41.2 Å². The minimum absolute atomic E-state index is 0.0871. The van der Waals surface area contributed by atoms with Crippen LogP contribution < -0.4 is 10.1 Å². The highest BCUT2D eigenvalue weighted by Crippen LogP contribution is 2.49. The highest BCUT2D eigenvalue weighted by Gasteiger charge is 2.49. The second-order valence-corrected chi connectivity index (χ2v) is 9.41. The molecule has 1 amide bonds. The lowest BCUT2D eigenvalue weighted by molar-refractivity contribution is -0.154. The van der Waals surface area contributed by atoms with Gasteiger partial charge < -0.3 is 14.8 Å². The number of nitrogens with one attached hydrogen (secondary N) is 1. The molecule has 27 heavy (non-hydrogen) atoms. The Bertz CT molecular complexity index is 680. The summed E-state index contributed by atoms with van der Waals surface area (Å²) in [6, 6.07) is 6.05. The van der Waals surface area contributed by atoms with E-state index in [1.54, 1.807) is 7.11 Å². The molecule has 1 saturated carbocycles. The Morgan fingerprint density at radius 2 is 2.19 bits per heavy atom. The molecule has 1 saturated heterocycles. The zero-order valence-electron chi connectivity index (χ0n) is 16.9.